The predicted molar refractivity (Wildman–Crippen MR) is 66.6 cm³/mol. The average Bonchev–Trinajstić information content (AvgIpc) is 2.90. The zero-order valence-electron chi connectivity index (χ0n) is 10.6. The number of nitrogens with zero attached hydrogens (tertiary/aromatic N) is 4. The Balaban J connectivity index is 2.17. The van der Waals surface area contributed by atoms with E-state index in [2.05, 4.69) is 52.1 Å². The van der Waals surface area contributed by atoms with Gasteiger partial charge in [0.1, 0.15) is 12.2 Å². The largest absolute Gasteiger partial charge is 0.342 e. The molecule has 0 radical (unpaired) electrons. The molecule has 0 fully saturated rings. The molecule has 0 aliphatic heterocycles. The molecule has 0 aromatic carbocycles. The molecule has 0 bridgehead atoms. The van der Waals surface area contributed by atoms with E-state index in [-0.39, 0.29) is 0 Å². The van der Waals surface area contributed by atoms with E-state index in [1.807, 2.05) is 11.7 Å². The van der Waals surface area contributed by atoms with E-state index in [1.54, 1.807) is 6.33 Å². The van der Waals surface area contributed by atoms with Gasteiger partial charge in [-0.3, -0.25) is 4.68 Å². The summed E-state index contributed by atoms with van der Waals surface area (Å²) in [5, 5.41) is 7.50. The Kier molecular flexibility index (Phi) is 3.58. The standard InChI is InChI=1S/C12H19N5/c1-4-13-10(2)11-6-5-7-17(11)8-12-14-9-15-16(12)3/h5-7,9-10,13H,4,8H2,1-3H3. The van der Waals surface area contributed by atoms with Crippen molar-refractivity contribution in [2.45, 2.75) is 26.4 Å². The van der Waals surface area contributed by atoms with Crippen LogP contribution in [0.15, 0.2) is 24.7 Å². The zero-order valence-corrected chi connectivity index (χ0v) is 10.6. The lowest BCUT2D eigenvalue weighted by Gasteiger charge is -2.15. The quantitative estimate of drug-likeness (QED) is 0.847. The number of hydrogen-bond acceptors (Lipinski definition) is 3. The first-order valence-electron chi connectivity index (χ1n) is 5.93. The molecule has 1 N–H and O–H groups in total. The number of aromatic nitrogens is 4. The summed E-state index contributed by atoms with van der Waals surface area (Å²) in [6.45, 7) is 6.02. The molecular formula is C12H19N5. The predicted octanol–water partition coefficient (Wildman–Crippen LogP) is 1.34. The smallest absolute Gasteiger partial charge is 0.146 e. The Labute approximate surface area is 101 Å². The van der Waals surface area contributed by atoms with Crippen molar-refractivity contribution >= 4 is 0 Å². The van der Waals surface area contributed by atoms with E-state index < -0.39 is 0 Å². The topological polar surface area (TPSA) is 47.7 Å². The highest BCUT2D eigenvalue weighted by atomic mass is 15.3. The van der Waals surface area contributed by atoms with Gasteiger partial charge in [-0.15, -0.1) is 0 Å². The third kappa shape index (κ3) is 2.55. The lowest BCUT2D eigenvalue weighted by molar-refractivity contribution is 0.542. The van der Waals surface area contributed by atoms with Crippen LogP contribution in [-0.4, -0.2) is 25.9 Å². The van der Waals surface area contributed by atoms with Crippen molar-refractivity contribution in [3.05, 3.63) is 36.2 Å². The van der Waals surface area contributed by atoms with Gasteiger partial charge in [0, 0.05) is 25.0 Å². The Bertz CT molecular complexity index is 471. The molecule has 0 spiro atoms. The Morgan fingerprint density at radius 3 is 2.94 bits per heavy atom. The fraction of sp³-hybridized carbons (Fsp3) is 0.500. The van der Waals surface area contributed by atoms with Gasteiger partial charge in [0.15, 0.2) is 0 Å². The molecule has 0 amide bonds. The minimum Gasteiger partial charge on any atom is -0.342 e. The van der Waals surface area contributed by atoms with Gasteiger partial charge in [-0.1, -0.05) is 6.92 Å². The molecule has 2 aromatic heterocycles. The molecular weight excluding hydrogens is 214 g/mol. The van der Waals surface area contributed by atoms with E-state index in [1.165, 1.54) is 5.69 Å². The van der Waals surface area contributed by atoms with Crippen LogP contribution in [0.4, 0.5) is 0 Å². The zero-order chi connectivity index (χ0) is 12.3. The van der Waals surface area contributed by atoms with Crippen molar-refractivity contribution < 1.29 is 0 Å². The molecule has 5 heteroatoms. The normalized spacial score (nSPS) is 12.9. The fourth-order valence-corrected chi connectivity index (χ4v) is 1.99. The van der Waals surface area contributed by atoms with Crippen LogP contribution in [-0.2, 0) is 13.6 Å². The first-order valence-corrected chi connectivity index (χ1v) is 5.93. The number of nitrogens with one attached hydrogen (secondary N) is 1. The van der Waals surface area contributed by atoms with Crippen molar-refractivity contribution in [1.29, 1.82) is 0 Å². The highest BCUT2D eigenvalue weighted by Crippen LogP contribution is 2.14. The van der Waals surface area contributed by atoms with Crippen molar-refractivity contribution in [2.75, 3.05) is 6.54 Å². The first-order chi connectivity index (χ1) is 8.22. The van der Waals surface area contributed by atoms with Crippen LogP contribution >= 0.6 is 0 Å². The van der Waals surface area contributed by atoms with Crippen LogP contribution in [0.2, 0.25) is 0 Å². The molecule has 92 valence electrons. The Morgan fingerprint density at radius 1 is 1.47 bits per heavy atom. The molecule has 2 rings (SSSR count). The van der Waals surface area contributed by atoms with E-state index in [9.17, 15) is 0 Å². The number of aryl methyl sites for hydroxylation is 1. The molecule has 5 nitrogen and oxygen atoms in total. The fourth-order valence-electron chi connectivity index (χ4n) is 1.99. The minimum absolute atomic E-state index is 0.350. The van der Waals surface area contributed by atoms with Gasteiger partial charge in [0.05, 0.1) is 6.54 Å². The van der Waals surface area contributed by atoms with Gasteiger partial charge in [-0.25, -0.2) is 4.98 Å². The molecule has 1 atom stereocenters. The van der Waals surface area contributed by atoms with Gasteiger partial charge in [-0.2, -0.15) is 5.10 Å². The summed E-state index contributed by atoms with van der Waals surface area (Å²) >= 11 is 0. The van der Waals surface area contributed by atoms with Crippen LogP contribution in [0, 0.1) is 0 Å². The molecule has 0 aliphatic carbocycles. The second-order valence-corrected chi connectivity index (χ2v) is 4.14. The van der Waals surface area contributed by atoms with Crippen molar-refractivity contribution in [1.82, 2.24) is 24.6 Å². The van der Waals surface area contributed by atoms with E-state index in [0.717, 1.165) is 18.9 Å². The van der Waals surface area contributed by atoms with E-state index >= 15 is 0 Å². The molecule has 0 aliphatic rings. The lowest BCUT2D eigenvalue weighted by atomic mass is 10.2. The highest BCUT2D eigenvalue weighted by molar-refractivity contribution is 5.12. The second-order valence-electron chi connectivity index (χ2n) is 4.14. The molecule has 0 saturated carbocycles. The van der Waals surface area contributed by atoms with Crippen LogP contribution in [0.3, 0.4) is 0 Å². The van der Waals surface area contributed by atoms with Gasteiger partial charge in [0.25, 0.3) is 0 Å². The van der Waals surface area contributed by atoms with Gasteiger partial charge in [0.2, 0.25) is 0 Å². The summed E-state index contributed by atoms with van der Waals surface area (Å²) in [6.07, 6.45) is 3.67. The average molecular weight is 233 g/mol. The summed E-state index contributed by atoms with van der Waals surface area (Å²) in [5.41, 5.74) is 1.27. The Morgan fingerprint density at radius 2 is 2.29 bits per heavy atom. The van der Waals surface area contributed by atoms with Gasteiger partial charge >= 0.3 is 0 Å². The Hall–Kier alpha value is -1.62. The van der Waals surface area contributed by atoms with Crippen molar-refractivity contribution in [2.24, 2.45) is 7.05 Å². The third-order valence-electron chi connectivity index (χ3n) is 2.94. The van der Waals surface area contributed by atoms with Gasteiger partial charge in [-0.05, 0) is 25.6 Å². The molecule has 2 heterocycles. The molecule has 0 saturated heterocycles. The number of rotatable bonds is 5. The lowest BCUT2D eigenvalue weighted by Crippen LogP contribution is -2.21. The van der Waals surface area contributed by atoms with Crippen molar-refractivity contribution in [3.8, 4) is 0 Å². The molecule has 17 heavy (non-hydrogen) atoms. The maximum Gasteiger partial charge on any atom is 0.146 e. The summed E-state index contributed by atoms with van der Waals surface area (Å²) in [4.78, 5) is 4.25. The summed E-state index contributed by atoms with van der Waals surface area (Å²) in [5.74, 6) is 0.964. The van der Waals surface area contributed by atoms with Crippen molar-refractivity contribution in [3.63, 3.8) is 0 Å². The van der Waals surface area contributed by atoms with E-state index in [0.29, 0.717) is 6.04 Å². The van der Waals surface area contributed by atoms with Crippen LogP contribution in [0.5, 0.6) is 0 Å². The first kappa shape index (κ1) is 11.9. The van der Waals surface area contributed by atoms with E-state index in [4.69, 9.17) is 0 Å². The summed E-state index contributed by atoms with van der Waals surface area (Å²) in [7, 11) is 1.92. The maximum atomic E-state index is 4.25. The van der Waals surface area contributed by atoms with Gasteiger partial charge < -0.3 is 9.88 Å². The molecule has 1 unspecified atom stereocenters. The summed E-state index contributed by atoms with van der Waals surface area (Å²) < 4.78 is 4.01. The van der Waals surface area contributed by atoms with Crippen LogP contribution in [0.25, 0.3) is 0 Å². The number of hydrogen-bond donors (Lipinski definition) is 1. The SMILES string of the molecule is CCNC(C)c1cccn1Cc1ncnn1C. The monoisotopic (exact) mass is 233 g/mol. The third-order valence-corrected chi connectivity index (χ3v) is 2.94. The van der Waals surface area contributed by atoms with Crippen LogP contribution < -0.4 is 5.32 Å². The van der Waals surface area contributed by atoms with Crippen LogP contribution in [0.1, 0.15) is 31.4 Å². The maximum absolute atomic E-state index is 4.25. The highest BCUT2D eigenvalue weighted by Gasteiger charge is 2.10. The second kappa shape index (κ2) is 5.14. The summed E-state index contributed by atoms with van der Waals surface area (Å²) in [6, 6.07) is 4.56. The molecule has 2 aromatic rings. The minimum atomic E-state index is 0.350.